The molecule has 0 aliphatic heterocycles. The largest absolute Gasteiger partial charge is 0.497 e. The molecule has 1 heterocycles. The zero-order chi connectivity index (χ0) is 27.4. The summed E-state index contributed by atoms with van der Waals surface area (Å²) in [6.07, 6.45) is 1.48. The third kappa shape index (κ3) is 6.06. The maximum Gasteiger partial charge on any atom is 0.355 e. The minimum absolute atomic E-state index is 0.198. The summed E-state index contributed by atoms with van der Waals surface area (Å²) in [5.74, 6) is 0.636. The van der Waals surface area contributed by atoms with Crippen LogP contribution < -0.4 is 19.6 Å². The Bertz CT molecular complexity index is 1720. The van der Waals surface area contributed by atoms with E-state index in [-0.39, 0.29) is 6.61 Å². The van der Waals surface area contributed by atoms with Crippen molar-refractivity contribution in [1.29, 1.82) is 0 Å². The lowest BCUT2D eigenvalue weighted by Crippen LogP contribution is -2.24. The van der Waals surface area contributed by atoms with Crippen LogP contribution in [-0.4, -0.2) is 31.8 Å². The molecule has 7 nitrogen and oxygen atoms in total. The van der Waals surface area contributed by atoms with Crippen molar-refractivity contribution in [1.82, 2.24) is 5.43 Å². The summed E-state index contributed by atoms with van der Waals surface area (Å²) < 4.78 is 18.0. The number of hydrogen-bond donors (Lipinski definition) is 1. The number of hydrogen-bond acceptors (Lipinski definition) is 7. The lowest BCUT2D eigenvalue weighted by atomic mass is 10.1. The third-order valence-electron chi connectivity index (χ3n) is 5.70. The van der Waals surface area contributed by atoms with Crippen LogP contribution in [0.3, 0.4) is 0 Å². The molecule has 0 unspecified atom stereocenters. The lowest BCUT2D eigenvalue weighted by molar-refractivity contribution is -0.123. The van der Waals surface area contributed by atoms with Gasteiger partial charge in [-0.1, -0.05) is 41.9 Å². The highest BCUT2D eigenvalue weighted by molar-refractivity contribution is 9.10. The molecule has 0 radical (unpaired) electrons. The number of amides is 1. The first kappa shape index (κ1) is 26.7. The predicted octanol–water partition coefficient (Wildman–Crippen LogP) is 7.23. The molecule has 5 aromatic rings. The number of fused-ring (bicyclic) bond motifs is 2. The van der Waals surface area contributed by atoms with Crippen molar-refractivity contribution >= 4 is 77.8 Å². The fourth-order valence-electron chi connectivity index (χ4n) is 3.76. The summed E-state index contributed by atoms with van der Waals surface area (Å²) in [7, 11) is 1.58. The van der Waals surface area contributed by atoms with Crippen molar-refractivity contribution in [2.75, 3.05) is 13.7 Å². The Balaban J connectivity index is 1.14. The van der Waals surface area contributed by atoms with Crippen LogP contribution in [-0.2, 0) is 4.79 Å². The van der Waals surface area contributed by atoms with Gasteiger partial charge in [0.25, 0.3) is 5.91 Å². The van der Waals surface area contributed by atoms with E-state index in [2.05, 4.69) is 26.5 Å². The third-order valence-corrected chi connectivity index (χ3v) is 8.16. The zero-order valence-electron chi connectivity index (χ0n) is 20.4. The average molecular weight is 624 g/mol. The Morgan fingerprint density at radius 1 is 1.00 bits per heavy atom. The summed E-state index contributed by atoms with van der Waals surface area (Å²) in [6.45, 7) is -0.198. The van der Waals surface area contributed by atoms with Crippen LogP contribution in [0.4, 0.5) is 0 Å². The fourth-order valence-corrected chi connectivity index (χ4v) is 5.78. The van der Waals surface area contributed by atoms with Crippen LogP contribution in [0, 0.1) is 0 Å². The highest BCUT2D eigenvalue weighted by Gasteiger charge is 2.19. The van der Waals surface area contributed by atoms with Gasteiger partial charge in [0.2, 0.25) is 0 Å². The lowest BCUT2D eigenvalue weighted by Gasteiger charge is -2.09. The number of methoxy groups -OCH3 is 1. The second-order valence-electron chi connectivity index (χ2n) is 8.25. The Morgan fingerprint density at radius 3 is 2.56 bits per heavy atom. The molecule has 1 N–H and O–H groups in total. The van der Waals surface area contributed by atoms with Gasteiger partial charge < -0.3 is 14.2 Å². The first-order chi connectivity index (χ1) is 18.9. The molecule has 0 spiro atoms. The molecule has 0 aliphatic carbocycles. The molecule has 1 aromatic heterocycles. The number of ether oxygens (including phenoxy) is 3. The standard InChI is InChI=1S/C29H20BrClN2O5S/c1-36-20-11-12-22-24(14-20)39-28(27(22)31)29(35)38-19-9-6-17(7-10-19)15-32-33-25(34)16-37-23-13-8-18-4-2-3-5-21(18)26(23)30/h2-15H,16H2,1H3,(H,33,34)/b32-15+. The van der Waals surface area contributed by atoms with Crippen molar-refractivity contribution in [3.8, 4) is 17.2 Å². The van der Waals surface area contributed by atoms with Crippen molar-refractivity contribution < 1.29 is 23.8 Å². The SMILES string of the molecule is COc1ccc2c(Cl)c(C(=O)Oc3ccc(/C=N/NC(=O)COc4ccc5ccccc5c4Br)cc3)sc2c1. The summed E-state index contributed by atoms with van der Waals surface area (Å²) in [5, 5.41) is 7.13. The predicted molar refractivity (Wildman–Crippen MR) is 158 cm³/mol. The van der Waals surface area contributed by atoms with Crippen LogP contribution >= 0.6 is 38.9 Å². The molecule has 0 aliphatic rings. The molecule has 0 bridgehead atoms. The summed E-state index contributed by atoms with van der Waals surface area (Å²) in [5.41, 5.74) is 3.13. The molecule has 0 saturated carbocycles. The van der Waals surface area contributed by atoms with E-state index in [1.165, 1.54) is 17.6 Å². The number of thiophene rings is 1. The normalized spacial score (nSPS) is 11.2. The molecule has 4 aromatic carbocycles. The highest BCUT2D eigenvalue weighted by atomic mass is 79.9. The van der Waals surface area contributed by atoms with Gasteiger partial charge in [-0.05, 0) is 80.8 Å². The molecule has 10 heteroatoms. The van der Waals surface area contributed by atoms with E-state index in [1.54, 1.807) is 37.4 Å². The van der Waals surface area contributed by atoms with Gasteiger partial charge in [-0.25, -0.2) is 10.2 Å². The quantitative estimate of drug-likeness (QED) is 0.0853. The van der Waals surface area contributed by atoms with Gasteiger partial charge in [0.15, 0.2) is 6.61 Å². The second kappa shape index (κ2) is 11.9. The van der Waals surface area contributed by atoms with Crippen molar-refractivity contribution in [2.24, 2.45) is 5.10 Å². The number of carbonyl (C=O) groups is 2. The van der Waals surface area contributed by atoms with Gasteiger partial charge in [0.05, 0.1) is 22.8 Å². The molecule has 0 saturated heterocycles. The number of nitrogens with one attached hydrogen (secondary N) is 1. The van der Waals surface area contributed by atoms with Crippen LogP contribution in [0.2, 0.25) is 5.02 Å². The monoisotopic (exact) mass is 622 g/mol. The van der Waals surface area contributed by atoms with E-state index in [1.807, 2.05) is 48.5 Å². The van der Waals surface area contributed by atoms with E-state index in [0.29, 0.717) is 32.7 Å². The maximum atomic E-state index is 12.7. The molecular formula is C29H20BrClN2O5S. The van der Waals surface area contributed by atoms with Crippen LogP contribution in [0.15, 0.2) is 88.4 Å². The van der Waals surface area contributed by atoms with E-state index >= 15 is 0 Å². The molecule has 5 rings (SSSR count). The van der Waals surface area contributed by atoms with Crippen molar-refractivity contribution in [3.05, 3.63) is 98.8 Å². The number of nitrogens with zero attached hydrogens (tertiary/aromatic N) is 1. The van der Waals surface area contributed by atoms with Gasteiger partial charge in [0, 0.05) is 10.1 Å². The molecule has 196 valence electrons. The smallest absolute Gasteiger partial charge is 0.355 e. The summed E-state index contributed by atoms with van der Waals surface area (Å²) in [4.78, 5) is 25.2. The first-order valence-electron chi connectivity index (χ1n) is 11.6. The first-order valence-corrected chi connectivity index (χ1v) is 13.6. The number of hydrazone groups is 1. The topological polar surface area (TPSA) is 86.2 Å². The minimum Gasteiger partial charge on any atom is -0.497 e. The number of carbonyl (C=O) groups excluding carboxylic acids is 2. The molecule has 0 atom stereocenters. The van der Waals surface area contributed by atoms with Crippen LogP contribution in [0.5, 0.6) is 17.2 Å². The van der Waals surface area contributed by atoms with Crippen molar-refractivity contribution in [2.45, 2.75) is 0 Å². The van der Waals surface area contributed by atoms with E-state index in [0.717, 1.165) is 25.3 Å². The summed E-state index contributed by atoms with van der Waals surface area (Å²) >= 11 is 11.2. The van der Waals surface area contributed by atoms with Gasteiger partial charge in [0.1, 0.15) is 22.1 Å². The Hall–Kier alpha value is -3.92. The maximum absolute atomic E-state index is 12.7. The Morgan fingerprint density at radius 2 is 1.77 bits per heavy atom. The molecule has 0 fully saturated rings. The van der Waals surface area contributed by atoms with Gasteiger partial charge in [-0.2, -0.15) is 5.10 Å². The molecular weight excluding hydrogens is 604 g/mol. The van der Waals surface area contributed by atoms with Gasteiger partial charge >= 0.3 is 5.97 Å². The fraction of sp³-hybridized carbons (Fsp3) is 0.0690. The zero-order valence-corrected chi connectivity index (χ0v) is 23.6. The second-order valence-corrected chi connectivity index (χ2v) is 10.5. The van der Waals surface area contributed by atoms with E-state index in [9.17, 15) is 9.59 Å². The van der Waals surface area contributed by atoms with Gasteiger partial charge in [-0.3, -0.25) is 4.79 Å². The number of rotatable bonds is 8. The minimum atomic E-state index is -0.549. The highest BCUT2D eigenvalue weighted by Crippen LogP contribution is 2.38. The molecule has 1 amide bonds. The Kier molecular flexibility index (Phi) is 8.11. The number of esters is 1. The Labute approximate surface area is 241 Å². The number of halogens is 2. The molecule has 39 heavy (non-hydrogen) atoms. The number of benzene rings is 4. The average Bonchev–Trinajstić information content (AvgIpc) is 3.29. The van der Waals surface area contributed by atoms with E-state index in [4.69, 9.17) is 25.8 Å². The van der Waals surface area contributed by atoms with Crippen LogP contribution in [0.25, 0.3) is 20.9 Å². The van der Waals surface area contributed by atoms with E-state index < -0.39 is 11.9 Å². The van der Waals surface area contributed by atoms with Crippen molar-refractivity contribution in [3.63, 3.8) is 0 Å². The van der Waals surface area contributed by atoms with Gasteiger partial charge in [-0.15, -0.1) is 11.3 Å². The van der Waals surface area contributed by atoms with Crippen LogP contribution in [0.1, 0.15) is 15.2 Å². The summed E-state index contributed by atoms with van der Waals surface area (Å²) in [6, 6.07) is 23.7.